The minimum absolute atomic E-state index is 0.0164. The number of sulfonamides is 1. The Morgan fingerprint density at radius 1 is 1.27 bits per heavy atom. The normalized spacial score (nSPS) is 21.0. The maximum atomic E-state index is 12.0. The molecule has 1 saturated heterocycles. The molecule has 1 aromatic carbocycles. The highest BCUT2D eigenvalue weighted by Gasteiger charge is 2.27. The lowest BCUT2D eigenvalue weighted by atomic mass is 10.0. The summed E-state index contributed by atoms with van der Waals surface area (Å²) >= 11 is 0. The molecule has 1 fully saturated rings. The van der Waals surface area contributed by atoms with Crippen LogP contribution in [0.3, 0.4) is 0 Å². The molecule has 1 aromatic rings. The Morgan fingerprint density at radius 3 is 2.64 bits per heavy atom. The van der Waals surface area contributed by atoms with Gasteiger partial charge in [-0.05, 0) is 43.2 Å². The Kier molecular flexibility index (Phi) is 5.63. The largest absolute Gasteiger partial charge is 0.229 e. The topological polar surface area (TPSA) is 80.3 Å². The van der Waals surface area contributed by atoms with Gasteiger partial charge in [0.05, 0.1) is 17.3 Å². The summed E-state index contributed by atoms with van der Waals surface area (Å²) in [6, 6.07) is 7.43. The molecule has 1 aliphatic heterocycles. The maximum Gasteiger partial charge on any atom is 0.215 e. The van der Waals surface area contributed by atoms with Gasteiger partial charge in [0.25, 0.3) is 0 Å². The van der Waals surface area contributed by atoms with Crippen LogP contribution in [-0.4, -0.2) is 34.9 Å². The van der Waals surface area contributed by atoms with Gasteiger partial charge >= 0.3 is 0 Å². The predicted octanol–water partition coefficient (Wildman–Crippen LogP) is 1.63. The summed E-state index contributed by atoms with van der Waals surface area (Å²) in [6.07, 6.45) is 2.14. The van der Waals surface area contributed by atoms with Crippen LogP contribution in [-0.2, 0) is 25.6 Å². The molecular formula is C15H23NO4S2. The van der Waals surface area contributed by atoms with Gasteiger partial charge in [-0.2, -0.15) is 0 Å². The molecule has 0 aliphatic carbocycles. The van der Waals surface area contributed by atoms with Gasteiger partial charge in [0.15, 0.2) is 9.84 Å². The van der Waals surface area contributed by atoms with Crippen LogP contribution in [0.5, 0.6) is 0 Å². The van der Waals surface area contributed by atoms with Crippen molar-refractivity contribution in [3.8, 4) is 0 Å². The highest BCUT2D eigenvalue weighted by Crippen LogP contribution is 2.22. The zero-order valence-corrected chi connectivity index (χ0v) is 14.4. The van der Waals surface area contributed by atoms with E-state index in [2.05, 4.69) is 4.72 Å². The smallest absolute Gasteiger partial charge is 0.215 e. The van der Waals surface area contributed by atoms with Crippen LogP contribution in [0.15, 0.2) is 24.3 Å². The van der Waals surface area contributed by atoms with Gasteiger partial charge in [0, 0.05) is 6.54 Å². The number of aryl methyl sites for hydroxylation is 1. The van der Waals surface area contributed by atoms with E-state index in [1.165, 1.54) is 0 Å². The van der Waals surface area contributed by atoms with Crippen LogP contribution in [0.4, 0.5) is 0 Å². The molecule has 0 saturated carbocycles. The minimum atomic E-state index is -3.34. The van der Waals surface area contributed by atoms with E-state index in [-0.39, 0.29) is 23.2 Å². The van der Waals surface area contributed by atoms with Crippen molar-refractivity contribution >= 4 is 19.9 Å². The number of sulfone groups is 1. The standard InChI is InChI=1S/C15H23NO4S2/c1-13-5-2-3-7-15(13)12-22(19,20)16-9-4-6-14-8-10-21(17,18)11-14/h2-3,5,7,14,16H,4,6,8-12H2,1H3. The molecule has 1 unspecified atom stereocenters. The number of hydrogen-bond acceptors (Lipinski definition) is 4. The van der Waals surface area contributed by atoms with E-state index < -0.39 is 19.9 Å². The van der Waals surface area contributed by atoms with E-state index in [9.17, 15) is 16.8 Å². The quantitative estimate of drug-likeness (QED) is 0.762. The molecule has 1 atom stereocenters. The fourth-order valence-corrected chi connectivity index (χ4v) is 5.95. The Hall–Kier alpha value is -0.920. The van der Waals surface area contributed by atoms with E-state index >= 15 is 0 Å². The van der Waals surface area contributed by atoms with Crippen molar-refractivity contribution in [1.29, 1.82) is 0 Å². The number of benzene rings is 1. The summed E-state index contributed by atoms with van der Waals surface area (Å²) in [6.45, 7) is 2.26. The number of nitrogens with one attached hydrogen (secondary N) is 1. The zero-order valence-electron chi connectivity index (χ0n) is 12.8. The first-order chi connectivity index (χ1) is 10.3. The summed E-state index contributed by atoms with van der Waals surface area (Å²) in [4.78, 5) is 0. The third kappa shape index (κ3) is 5.37. The molecule has 1 N–H and O–H groups in total. The Balaban J connectivity index is 1.75. The molecule has 22 heavy (non-hydrogen) atoms. The van der Waals surface area contributed by atoms with Gasteiger partial charge in [0.2, 0.25) is 10.0 Å². The summed E-state index contributed by atoms with van der Waals surface area (Å²) < 4.78 is 49.4. The summed E-state index contributed by atoms with van der Waals surface area (Å²) in [5.74, 6) is 0.697. The predicted molar refractivity (Wildman–Crippen MR) is 87.8 cm³/mol. The Labute approximate surface area is 133 Å². The molecular weight excluding hydrogens is 322 g/mol. The summed E-state index contributed by atoms with van der Waals surface area (Å²) in [5, 5.41) is 0. The number of rotatable bonds is 7. The second kappa shape index (κ2) is 7.10. The van der Waals surface area contributed by atoms with Crippen LogP contribution in [0, 0.1) is 12.8 Å². The van der Waals surface area contributed by atoms with E-state index in [1.54, 1.807) is 0 Å². The van der Waals surface area contributed by atoms with Crippen LogP contribution in [0.1, 0.15) is 30.4 Å². The molecule has 1 heterocycles. The molecule has 2 rings (SSSR count). The third-order valence-electron chi connectivity index (χ3n) is 4.04. The lowest BCUT2D eigenvalue weighted by Crippen LogP contribution is -2.26. The molecule has 7 heteroatoms. The molecule has 124 valence electrons. The van der Waals surface area contributed by atoms with Crippen LogP contribution in [0.25, 0.3) is 0 Å². The molecule has 0 spiro atoms. The van der Waals surface area contributed by atoms with Crippen LogP contribution >= 0.6 is 0 Å². The SMILES string of the molecule is Cc1ccccc1CS(=O)(=O)NCCCC1CCS(=O)(=O)C1. The fraction of sp³-hybridized carbons (Fsp3) is 0.600. The van der Waals surface area contributed by atoms with Crippen molar-refractivity contribution in [1.82, 2.24) is 4.72 Å². The number of hydrogen-bond donors (Lipinski definition) is 1. The molecule has 0 bridgehead atoms. The van der Waals surface area contributed by atoms with Crippen molar-refractivity contribution < 1.29 is 16.8 Å². The Morgan fingerprint density at radius 2 is 2.00 bits per heavy atom. The van der Waals surface area contributed by atoms with E-state index in [4.69, 9.17) is 0 Å². The van der Waals surface area contributed by atoms with Gasteiger partial charge in [0.1, 0.15) is 0 Å². The molecule has 1 aliphatic rings. The first-order valence-corrected chi connectivity index (χ1v) is 11.0. The molecule has 0 amide bonds. The summed E-state index contributed by atoms with van der Waals surface area (Å²) in [7, 11) is -6.19. The second-order valence-corrected chi connectivity index (χ2v) is 10.0. The maximum absolute atomic E-state index is 12.0. The van der Waals surface area contributed by atoms with Crippen molar-refractivity contribution in [2.75, 3.05) is 18.1 Å². The molecule has 5 nitrogen and oxygen atoms in total. The van der Waals surface area contributed by atoms with Crippen molar-refractivity contribution in [3.05, 3.63) is 35.4 Å². The fourth-order valence-electron chi connectivity index (χ4n) is 2.75. The lowest BCUT2D eigenvalue weighted by molar-refractivity contribution is 0.512. The molecule has 0 aromatic heterocycles. The zero-order chi connectivity index (χ0) is 16.2. The average molecular weight is 345 g/mol. The van der Waals surface area contributed by atoms with Gasteiger partial charge in [-0.1, -0.05) is 24.3 Å². The van der Waals surface area contributed by atoms with Crippen LogP contribution < -0.4 is 4.72 Å². The van der Waals surface area contributed by atoms with Crippen LogP contribution in [0.2, 0.25) is 0 Å². The minimum Gasteiger partial charge on any atom is -0.229 e. The van der Waals surface area contributed by atoms with E-state index in [0.717, 1.165) is 17.5 Å². The van der Waals surface area contributed by atoms with Gasteiger partial charge in [-0.25, -0.2) is 21.6 Å². The van der Waals surface area contributed by atoms with Gasteiger partial charge in [-0.15, -0.1) is 0 Å². The highest BCUT2D eigenvalue weighted by atomic mass is 32.2. The van der Waals surface area contributed by atoms with Crippen molar-refractivity contribution in [2.24, 2.45) is 5.92 Å². The monoisotopic (exact) mass is 345 g/mol. The van der Waals surface area contributed by atoms with E-state index in [0.29, 0.717) is 19.4 Å². The molecule has 0 radical (unpaired) electrons. The average Bonchev–Trinajstić information content (AvgIpc) is 2.77. The first kappa shape index (κ1) is 17.4. The Bertz CT molecular complexity index is 711. The highest BCUT2D eigenvalue weighted by molar-refractivity contribution is 7.91. The lowest BCUT2D eigenvalue weighted by Gasteiger charge is -2.10. The van der Waals surface area contributed by atoms with Gasteiger partial charge < -0.3 is 0 Å². The van der Waals surface area contributed by atoms with Crippen molar-refractivity contribution in [3.63, 3.8) is 0 Å². The van der Waals surface area contributed by atoms with E-state index in [1.807, 2.05) is 31.2 Å². The third-order valence-corrected chi connectivity index (χ3v) is 7.22. The van der Waals surface area contributed by atoms with Gasteiger partial charge in [-0.3, -0.25) is 0 Å². The second-order valence-electron chi connectivity index (χ2n) is 5.99. The summed E-state index contributed by atoms with van der Waals surface area (Å²) in [5.41, 5.74) is 1.76. The van der Waals surface area contributed by atoms with Crippen molar-refractivity contribution in [2.45, 2.75) is 31.9 Å². The first-order valence-electron chi connectivity index (χ1n) is 7.50.